The summed E-state index contributed by atoms with van der Waals surface area (Å²) in [5, 5.41) is 17.5. The summed E-state index contributed by atoms with van der Waals surface area (Å²) in [6, 6.07) is 4.31. The van der Waals surface area contributed by atoms with Crippen LogP contribution in [0.25, 0.3) is 6.08 Å². The fourth-order valence-corrected chi connectivity index (χ4v) is 2.94. The number of sulfonamides is 1. The van der Waals surface area contributed by atoms with E-state index in [9.17, 15) is 13.2 Å². The fraction of sp³-hybridized carbons (Fsp3) is 0.308. The van der Waals surface area contributed by atoms with Crippen molar-refractivity contribution < 1.29 is 28.2 Å². The smallest absolute Gasteiger partial charge is 0.328 e. The first kappa shape index (κ1) is 17.2. The highest BCUT2D eigenvalue weighted by molar-refractivity contribution is 7.89. The summed E-state index contributed by atoms with van der Waals surface area (Å²) in [6.45, 7) is -0.364. The Kier molecular flexibility index (Phi) is 5.89. The maximum absolute atomic E-state index is 12.4. The SMILES string of the molecule is COc1ccc(/C=C/C(=O)O)cc1S(=O)(=O)N(C)CCO. The Morgan fingerprint density at radius 2 is 2.10 bits per heavy atom. The Bertz CT molecular complexity index is 638. The lowest BCUT2D eigenvalue weighted by atomic mass is 10.2. The van der Waals surface area contributed by atoms with Crippen molar-refractivity contribution in [3.05, 3.63) is 29.8 Å². The summed E-state index contributed by atoms with van der Waals surface area (Å²) in [4.78, 5) is 10.4. The van der Waals surface area contributed by atoms with Crippen LogP contribution in [-0.4, -0.2) is 56.2 Å². The van der Waals surface area contributed by atoms with Gasteiger partial charge in [0.15, 0.2) is 0 Å². The molecule has 0 aromatic heterocycles. The molecule has 0 aliphatic rings. The zero-order valence-electron chi connectivity index (χ0n) is 11.7. The second-order valence-corrected chi connectivity index (χ2v) is 6.15. The molecule has 8 heteroatoms. The molecule has 0 saturated heterocycles. The van der Waals surface area contributed by atoms with E-state index < -0.39 is 16.0 Å². The number of rotatable bonds is 7. The van der Waals surface area contributed by atoms with Crippen LogP contribution in [0.5, 0.6) is 5.75 Å². The first-order chi connectivity index (χ1) is 9.82. The van der Waals surface area contributed by atoms with E-state index >= 15 is 0 Å². The Morgan fingerprint density at radius 3 is 2.62 bits per heavy atom. The van der Waals surface area contributed by atoms with Gasteiger partial charge in [0.05, 0.1) is 13.7 Å². The molecule has 0 aliphatic heterocycles. The van der Waals surface area contributed by atoms with E-state index in [1.165, 1.54) is 32.4 Å². The van der Waals surface area contributed by atoms with Crippen LogP contribution < -0.4 is 4.74 Å². The molecule has 2 N–H and O–H groups in total. The van der Waals surface area contributed by atoms with Crippen molar-refractivity contribution in [2.45, 2.75) is 4.90 Å². The summed E-state index contributed by atoms with van der Waals surface area (Å²) in [5.74, 6) is -0.986. The summed E-state index contributed by atoms with van der Waals surface area (Å²) < 4.78 is 30.8. The van der Waals surface area contributed by atoms with Crippen molar-refractivity contribution in [2.75, 3.05) is 27.3 Å². The van der Waals surface area contributed by atoms with E-state index in [1.807, 2.05) is 0 Å². The van der Waals surface area contributed by atoms with Gasteiger partial charge in [0.25, 0.3) is 0 Å². The maximum Gasteiger partial charge on any atom is 0.328 e. The number of methoxy groups -OCH3 is 1. The number of aliphatic hydroxyl groups excluding tert-OH is 1. The fourth-order valence-electron chi connectivity index (χ4n) is 1.59. The van der Waals surface area contributed by atoms with Crippen molar-refractivity contribution in [3.8, 4) is 5.75 Å². The molecule has 0 radical (unpaired) electrons. The average molecular weight is 315 g/mol. The summed E-state index contributed by atoms with van der Waals surface area (Å²) in [7, 11) is -1.16. The highest BCUT2D eigenvalue weighted by atomic mass is 32.2. The highest BCUT2D eigenvalue weighted by Crippen LogP contribution is 2.27. The minimum Gasteiger partial charge on any atom is -0.495 e. The lowest BCUT2D eigenvalue weighted by Gasteiger charge is -2.18. The molecule has 0 atom stereocenters. The van der Waals surface area contributed by atoms with Gasteiger partial charge in [0, 0.05) is 19.7 Å². The molecule has 0 aliphatic carbocycles. The third-order valence-corrected chi connectivity index (χ3v) is 4.59. The topological polar surface area (TPSA) is 104 Å². The molecule has 0 unspecified atom stereocenters. The summed E-state index contributed by atoms with van der Waals surface area (Å²) >= 11 is 0. The Morgan fingerprint density at radius 1 is 1.43 bits per heavy atom. The normalized spacial score (nSPS) is 12.0. The molecule has 0 bridgehead atoms. The first-order valence-electron chi connectivity index (χ1n) is 5.99. The van der Waals surface area contributed by atoms with Crippen LogP contribution in [0, 0.1) is 0 Å². The van der Waals surface area contributed by atoms with Crippen molar-refractivity contribution in [1.82, 2.24) is 4.31 Å². The molecule has 0 amide bonds. The Hall–Kier alpha value is -1.90. The van der Waals surface area contributed by atoms with Gasteiger partial charge in [-0.1, -0.05) is 6.07 Å². The number of hydrogen-bond acceptors (Lipinski definition) is 5. The first-order valence-corrected chi connectivity index (χ1v) is 7.43. The van der Waals surface area contributed by atoms with E-state index in [4.69, 9.17) is 14.9 Å². The molecular weight excluding hydrogens is 298 g/mol. The van der Waals surface area contributed by atoms with Crippen LogP contribution in [-0.2, 0) is 14.8 Å². The second-order valence-electron chi connectivity index (χ2n) is 4.13. The zero-order chi connectivity index (χ0) is 16.0. The van der Waals surface area contributed by atoms with Crippen LogP contribution >= 0.6 is 0 Å². The number of aliphatic hydroxyl groups is 1. The number of hydrogen-bond donors (Lipinski definition) is 2. The number of nitrogens with zero attached hydrogens (tertiary/aromatic N) is 1. The molecule has 116 valence electrons. The summed E-state index contributed by atoms with van der Waals surface area (Å²) in [5.41, 5.74) is 0.411. The highest BCUT2D eigenvalue weighted by Gasteiger charge is 2.24. The van der Waals surface area contributed by atoms with Crippen LogP contribution in [0.1, 0.15) is 5.56 Å². The molecule has 0 saturated carbocycles. The van der Waals surface area contributed by atoms with Crippen LogP contribution in [0.4, 0.5) is 0 Å². The number of likely N-dealkylation sites (N-methyl/N-ethyl adjacent to an activating group) is 1. The van der Waals surface area contributed by atoms with E-state index in [1.54, 1.807) is 6.07 Å². The lowest BCUT2D eigenvalue weighted by molar-refractivity contribution is -0.131. The minimum absolute atomic E-state index is 0.0549. The predicted molar refractivity (Wildman–Crippen MR) is 76.6 cm³/mol. The molecule has 1 rings (SSSR count). The predicted octanol–water partition coefficient (Wildman–Crippen LogP) is 0.406. The van der Waals surface area contributed by atoms with E-state index in [2.05, 4.69) is 0 Å². The van der Waals surface area contributed by atoms with Gasteiger partial charge in [-0.15, -0.1) is 0 Å². The van der Waals surface area contributed by atoms with Gasteiger partial charge in [0.1, 0.15) is 10.6 Å². The molecule has 0 heterocycles. The van der Waals surface area contributed by atoms with Crippen molar-refractivity contribution >= 4 is 22.1 Å². The molecule has 0 spiro atoms. The third kappa shape index (κ3) is 4.28. The third-order valence-electron chi connectivity index (χ3n) is 2.71. The molecule has 1 aromatic rings. The zero-order valence-corrected chi connectivity index (χ0v) is 12.5. The van der Waals surface area contributed by atoms with Crippen LogP contribution in [0.2, 0.25) is 0 Å². The van der Waals surface area contributed by atoms with Gasteiger partial charge in [-0.2, -0.15) is 4.31 Å². The number of aliphatic carboxylic acids is 1. The number of carbonyl (C=O) groups is 1. The van der Waals surface area contributed by atoms with Crippen molar-refractivity contribution in [2.24, 2.45) is 0 Å². The van der Waals surface area contributed by atoms with Crippen LogP contribution in [0.15, 0.2) is 29.2 Å². The minimum atomic E-state index is -3.84. The van der Waals surface area contributed by atoms with Gasteiger partial charge in [0.2, 0.25) is 10.0 Å². The van der Waals surface area contributed by atoms with Gasteiger partial charge in [-0.25, -0.2) is 13.2 Å². The van der Waals surface area contributed by atoms with E-state index in [0.29, 0.717) is 5.56 Å². The number of ether oxygens (including phenoxy) is 1. The second kappa shape index (κ2) is 7.21. The molecular formula is C13H17NO6S. The van der Waals surface area contributed by atoms with Gasteiger partial charge >= 0.3 is 5.97 Å². The van der Waals surface area contributed by atoms with Crippen molar-refractivity contribution in [1.29, 1.82) is 0 Å². The lowest BCUT2D eigenvalue weighted by Crippen LogP contribution is -2.30. The molecule has 21 heavy (non-hydrogen) atoms. The van der Waals surface area contributed by atoms with Gasteiger partial charge in [-0.05, 0) is 23.8 Å². The number of benzene rings is 1. The number of carboxylic acids is 1. The standard InChI is InChI=1S/C13H17NO6S/c1-14(7-8-15)21(18,19)12-9-10(4-6-13(16)17)3-5-11(12)20-2/h3-6,9,15H,7-8H2,1-2H3,(H,16,17)/b6-4+. The quantitative estimate of drug-likeness (QED) is 0.706. The largest absolute Gasteiger partial charge is 0.495 e. The molecule has 7 nitrogen and oxygen atoms in total. The summed E-state index contributed by atoms with van der Waals surface area (Å²) in [6.07, 6.45) is 2.20. The Labute approximate surface area is 123 Å². The maximum atomic E-state index is 12.4. The number of carboxylic acid groups (broad SMARTS) is 1. The average Bonchev–Trinajstić information content (AvgIpc) is 2.44. The van der Waals surface area contributed by atoms with E-state index in [0.717, 1.165) is 10.4 Å². The van der Waals surface area contributed by atoms with Gasteiger partial charge < -0.3 is 14.9 Å². The van der Waals surface area contributed by atoms with E-state index in [-0.39, 0.29) is 23.8 Å². The van der Waals surface area contributed by atoms with Crippen LogP contribution in [0.3, 0.4) is 0 Å². The van der Waals surface area contributed by atoms with Crippen molar-refractivity contribution in [3.63, 3.8) is 0 Å². The molecule has 1 aromatic carbocycles. The Balaban J connectivity index is 3.32. The molecule has 0 fully saturated rings. The monoisotopic (exact) mass is 315 g/mol. The van der Waals surface area contributed by atoms with Gasteiger partial charge in [-0.3, -0.25) is 0 Å².